The van der Waals surface area contributed by atoms with E-state index in [9.17, 15) is 9.59 Å². The van der Waals surface area contributed by atoms with Gasteiger partial charge >= 0.3 is 5.97 Å². The molecule has 5 heteroatoms. The van der Waals surface area contributed by atoms with Gasteiger partial charge in [-0.15, -0.1) is 0 Å². The molecule has 0 atom stereocenters. The average molecular weight is 427 g/mol. The van der Waals surface area contributed by atoms with E-state index in [4.69, 9.17) is 4.74 Å². The van der Waals surface area contributed by atoms with E-state index >= 15 is 0 Å². The number of esters is 1. The van der Waals surface area contributed by atoms with Crippen LogP contribution in [-0.4, -0.2) is 23.5 Å². The highest BCUT2D eigenvalue weighted by Gasteiger charge is 2.27. The topological polar surface area (TPSA) is 71.2 Å². The van der Waals surface area contributed by atoms with Crippen molar-refractivity contribution in [3.05, 3.63) is 82.7 Å². The lowest BCUT2D eigenvalue weighted by atomic mass is 9.91. The van der Waals surface area contributed by atoms with Crippen LogP contribution in [0.15, 0.2) is 54.6 Å². The lowest BCUT2D eigenvalue weighted by molar-refractivity contribution is -0.110. The number of H-pyrrole nitrogens is 1. The summed E-state index contributed by atoms with van der Waals surface area (Å²) in [5, 5.41) is 2.97. The molecule has 2 aromatic carbocycles. The first-order valence-corrected chi connectivity index (χ1v) is 11.3. The summed E-state index contributed by atoms with van der Waals surface area (Å²) in [6.45, 7) is 2.17. The number of aromatic amines is 1. The molecule has 0 fully saturated rings. The monoisotopic (exact) mass is 426 g/mol. The van der Waals surface area contributed by atoms with Crippen LogP contribution in [0.1, 0.15) is 52.6 Å². The summed E-state index contributed by atoms with van der Waals surface area (Å²) in [5.41, 5.74) is 8.52. The summed E-state index contributed by atoms with van der Waals surface area (Å²) in [6.07, 6.45) is 6.58. The van der Waals surface area contributed by atoms with E-state index in [1.54, 1.807) is 0 Å². The van der Waals surface area contributed by atoms with Crippen molar-refractivity contribution in [3.63, 3.8) is 0 Å². The van der Waals surface area contributed by atoms with Crippen molar-refractivity contribution in [1.29, 1.82) is 0 Å². The van der Waals surface area contributed by atoms with Gasteiger partial charge in [-0.2, -0.15) is 0 Å². The van der Waals surface area contributed by atoms with Gasteiger partial charge in [-0.1, -0.05) is 42.5 Å². The predicted molar refractivity (Wildman–Crippen MR) is 126 cm³/mol. The van der Waals surface area contributed by atoms with Crippen LogP contribution in [0.4, 0.5) is 5.69 Å². The zero-order chi connectivity index (χ0) is 22.1. The third-order valence-corrected chi connectivity index (χ3v) is 6.31. The maximum absolute atomic E-state index is 12.7. The largest absolute Gasteiger partial charge is 0.461 e. The highest BCUT2D eigenvalue weighted by atomic mass is 16.5. The van der Waals surface area contributed by atoms with E-state index in [2.05, 4.69) is 28.5 Å². The fourth-order valence-corrected chi connectivity index (χ4v) is 4.77. The second-order valence-corrected chi connectivity index (χ2v) is 8.27. The van der Waals surface area contributed by atoms with Gasteiger partial charge in [0.05, 0.1) is 6.61 Å². The zero-order valence-electron chi connectivity index (χ0n) is 18.2. The highest BCUT2D eigenvalue weighted by Crippen LogP contribution is 2.36. The van der Waals surface area contributed by atoms with Gasteiger partial charge in [-0.3, -0.25) is 4.79 Å². The quantitative estimate of drug-likeness (QED) is 0.429. The summed E-state index contributed by atoms with van der Waals surface area (Å²) < 4.78 is 5.25. The number of rotatable bonds is 5. The molecule has 3 aromatic rings. The Labute approximate surface area is 187 Å². The number of ether oxygens (including phenoxy) is 1. The molecule has 0 radical (unpaired) electrons. The van der Waals surface area contributed by atoms with Gasteiger partial charge in [0.25, 0.3) is 5.91 Å². The Morgan fingerprint density at radius 2 is 1.81 bits per heavy atom. The Hall–Kier alpha value is -3.60. The van der Waals surface area contributed by atoms with Gasteiger partial charge in [0.15, 0.2) is 0 Å². The van der Waals surface area contributed by atoms with E-state index in [1.165, 1.54) is 5.56 Å². The molecule has 1 aliphatic carbocycles. The number of aromatic nitrogens is 1. The molecule has 0 spiro atoms. The van der Waals surface area contributed by atoms with Crippen LogP contribution in [0.2, 0.25) is 0 Å². The number of hydrogen-bond donors (Lipinski definition) is 2. The first kappa shape index (κ1) is 20.3. The molecule has 2 aliphatic rings. The third-order valence-electron chi connectivity index (χ3n) is 6.31. The Bertz CT molecular complexity index is 1220. The van der Waals surface area contributed by atoms with Gasteiger partial charge in [0, 0.05) is 28.9 Å². The average Bonchev–Trinajstić information content (AvgIpc) is 3.35. The number of amides is 1. The van der Waals surface area contributed by atoms with E-state index in [1.807, 2.05) is 43.3 Å². The molecule has 2 N–H and O–H groups in total. The minimum Gasteiger partial charge on any atom is -0.461 e. The Morgan fingerprint density at radius 1 is 1.03 bits per heavy atom. The molecule has 5 nitrogen and oxygen atoms in total. The number of allylic oxidation sites excluding steroid dienone is 1. The minimum atomic E-state index is -0.291. The summed E-state index contributed by atoms with van der Waals surface area (Å²) >= 11 is 0. The molecule has 0 saturated heterocycles. The minimum absolute atomic E-state index is 0.0868. The van der Waals surface area contributed by atoms with Crippen LogP contribution in [0.5, 0.6) is 0 Å². The lowest BCUT2D eigenvalue weighted by Gasteiger charge is -2.13. The number of fused-ring (bicyclic) bond motifs is 2. The maximum Gasteiger partial charge on any atom is 0.355 e. The summed E-state index contributed by atoms with van der Waals surface area (Å²) in [4.78, 5) is 28.5. The number of nitrogens with one attached hydrogen (secondary N) is 2. The number of carbonyl (C=O) groups is 2. The number of hydrogen-bond acceptors (Lipinski definition) is 3. The van der Waals surface area contributed by atoms with Gasteiger partial charge in [0.1, 0.15) is 5.69 Å². The summed E-state index contributed by atoms with van der Waals surface area (Å²) in [7, 11) is 0. The van der Waals surface area contributed by atoms with Crippen molar-refractivity contribution in [1.82, 2.24) is 4.98 Å². The van der Waals surface area contributed by atoms with Crippen LogP contribution >= 0.6 is 0 Å². The molecule has 5 rings (SSSR count). The first-order chi connectivity index (χ1) is 15.7. The van der Waals surface area contributed by atoms with E-state index in [-0.39, 0.29) is 11.9 Å². The standard InChI is InChI=1S/C27H26N2O3/c1-2-32-27(31)25-20-11-7-6-10-19(20)23(28-25)15-13-21-22-16-18(17-8-4-3-5-9-17)12-14-24(22)29-26(21)30/h3-5,8-9,12-14,16,28H,2,6-7,10-11,15H2,1H3,(H,29,30). The number of anilines is 1. The highest BCUT2D eigenvalue weighted by molar-refractivity contribution is 6.31. The lowest BCUT2D eigenvalue weighted by Crippen LogP contribution is -2.10. The first-order valence-electron chi connectivity index (χ1n) is 11.3. The van der Waals surface area contributed by atoms with E-state index < -0.39 is 0 Å². The smallest absolute Gasteiger partial charge is 0.355 e. The van der Waals surface area contributed by atoms with Crippen LogP contribution in [0, 0.1) is 0 Å². The summed E-state index contributed by atoms with van der Waals surface area (Å²) in [5.74, 6) is -0.378. The maximum atomic E-state index is 12.7. The van der Waals surface area contributed by atoms with Gasteiger partial charge in [-0.25, -0.2) is 4.79 Å². The van der Waals surface area contributed by atoms with Crippen molar-refractivity contribution in [2.24, 2.45) is 0 Å². The molecule has 1 aliphatic heterocycles. The molecule has 0 unspecified atom stereocenters. The molecule has 0 bridgehead atoms. The zero-order valence-corrected chi connectivity index (χ0v) is 18.2. The van der Waals surface area contributed by atoms with Crippen LogP contribution in [0.25, 0.3) is 16.7 Å². The van der Waals surface area contributed by atoms with Crippen molar-refractivity contribution < 1.29 is 14.3 Å². The van der Waals surface area contributed by atoms with Gasteiger partial charge in [0.2, 0.25) is 0 Å². The van der Waals surface area contributed by atoms with Crippen LogP contribution < -0.4 is 5.32 Å². The fraction of sp³-hybridized carbons (Fsp3) is 0.259. The third kappa shape index (κ3) is 3.64. The molecular formula is C27H26N2O3. The number of carbonyl (C=O) groups excluding carboxylic acids is 2. The predicted octanol–water partition coefficient (Wildman–Crippen LogP) is 5.32. The molecule has 32 heavy (non-hydrogen) atoms. The van der Waals surface area contributed by atoms with Crippen molar-refractivity contribution in [3.8, 4) is 11.1 Å². The Balaban J connectivity index is 1.48. The normalized spacial score (nSPS) is 15.9. The molecule has 2 heterocycles. The van der Waals surface area contributed by atoms with Crippen molar-refractivity contribution in [2.45, 2.75) is 39.0 Å². The molecule has 1 amide bonds. The van der Waals surface area contributed by atoms with Crippen LogP contribution in [0.3, 0.4) is 0 Å². The number of benzene rings is 2. The second kappa shape index (κ2) is 8.50. The van der Waals surface area contributed by atoms with Gasteiger partial charge in [-0.05, 0) is 67.0 Å². The Kier molecular flexibility index (Phi) is 5.39. The SMILES string of the molecule is CCOC(=O)c1[nH]c(CC=C2C(=O)Nc3ccc(-c4ccccc4)cc32)c2c1CCCC2. The molecular weight excluding hydrogens is 400 g/mol. The van der Waals surface area contributed by atoms with Crippen molar-refractivity contribution in [2.75, 3.05) is 11.9 Å². The Morgan fingerprint density at radius 3 is 2.59 bits per heavy atom. The van der Waals surface area contributed by atoms with Crippen molar-refractivity contribution >= 4 is 23.1 Å². The molecule has 0 saturated carbocycles. The second-order valence-electron chi connectivity index (χ2n) is 8.27. The molecule has 162 valence electrons. The van der Waals surface area contributed by atoms with Crippen LogP contribution in [-0.2, 0) is 28.8 Å². The summed E-state index contributed by atoms with van der Waals surface area (Å²) in [6, 6.07) is 16.2. The van der Waals surface area contributed by atoms with Gasteiger partial charge < -0.3 is 15.0 Å². The molecule has 1 aromatic heterocycles. The van der Waals surface area contributed by atoms with E-state index in [0.717, 1.165) is 59.3 Å². The fourth-order valence-electron chi connectivity index (χ4n) is 4.77. The van der Waals surface area contributed by atoms with E-state index in [0.29, 0.717) is 24.3 Å².